The summed E-state index contributed by atoms with van der Waals surface area (Å²) in [6.07, 6.45) is -3.88. The zero-order valence-corrected chi connectivity index (χ0v) is 26.4. The molecule has 0 aliphatic rings. The van der Waals surface area contributed by atoms with Crippen molar-refractivity contribution < 1.29 is 46.5 Å². The molecule has 1 heterocycles. The van der Waals surface area contributed by atoms with Crippen molar-refractivity contribution in [3.8, 4) is 28.7 Å². The fourth-order valence-corrected chi connectivity index (χ4v) is 4.25. The zero-order valence-electron chi connectivity index (χ0n) is 25.7. The molecule has 0 saturated carbocycles. The molecular weight excluding hydrogens is 631 g/mol. The average Bonchev–Trinajstić information content (AvgIpc) is 3.01. The zero-order chi connectivity index (χ0) is 34.2. The lowest BCUT2D eigenvalue weighted by atomic mass is 9.98. The lowest BCUT2D eigenvalue weighted by molar-refractivity contribution is -0.173. The number of esters is 2. The topological polar surface area (TPSA) is 128 Å². The number of methoxy groups -OCH3 is 1. The summed E-state index contributed by atoms with van der Waals surface area (Å²) in [6, 6.07) is 11.6. The van der Waals surface area contributed by atoms with Crippen molar-refractivity contribution in [1.29, 1.82) is 5.26 Å². The van der Waals surface area contributed by atoms with Crippen LogP contribution in [0, 0.1) is 16.7 Å². The predicted octanol–water partition coefficient (Wildman–Crippen LogP) is 6.83. The minimum atomic E-state index is -4.78. The third-order valence-corrected chi connectivity index (χ3v) is 6.77. The molecule has 0 bridgehead atoms. The second kappa shape index (κ2) is 15.0. The van der Waals surface area contributed by atoms with Gasteiger partial charge in [-0.3, -0.25) is 19.4 Å². The number of hydrogen-bond donors (Lipinski definition) is 0. The Hall–Kier alpha value is -4.83. The molecule has 0 radical (unpaired) electrons. The molecule has 1 amide bonds. The predicted molar refractivity (Wildman–Crippen MR) is 161 cm³/mol. The number of pyridine rings is 1. The second-order valence-electron chi connectivity index (χ2n) is 10.9. The quantitative estimate of drug-likeness (QED) is 0.123. The van der Waals surface area contributed by atoms with E-state index in [1.54, 1.807) is 51.1 Å². The van der Waals surface area contributed by atoms with Crippen LogP contribution >= 0.6 is 11.6 Å². The van der Waals surface area contributed by atoms with E-state index in [1.807, 2.05) is 0 Å². The largest absolute Gasteiger partial charge is 0.495 e. The number of amides is 1. The molecule has 0 atom stereocenters. The Morgan fingerprint density at radius 1 is 1.02 bits per heavy atom. The van der Waals surface area contributed by atoms with Gasteiger partial charge < -0.3 is 23.8 Å². The molecule has 0 aliphatic heterocycles. The smallest absolute Gasteiger partial charge is 0.433 e. The highest BCUT2D eigenvalue weighted by Crippen LogP contribution is 2.39. The molecule has 2 aromatic carbocycles. The number of alkyl halides is 3. The van der Waals surface area contributed by atoms with Crippen molar-refractivity contribution in [2.24, 2.45) is 5.41 Å². The fourth-order valence-electron chi connectivity index (χ4n) is 4.00. The van der Waals surface area contributed by atoms with E-state index in [0.29, 0.717) is 17.5 Å². The van der Waals surface area contributed by atoms with Crippen LogP contribution in [0.2, 0.25) is 5.02 Å². The number of halogens is 4. The van der Waals surface area contributed by atoms with Crippen LogP contribution in [0.4, 0.5) is 18.9 Å². The summed E-state index contributed by atoms with van der Waals surface area (Å²) < 4.78 is 60.8. The summed E-state index contributed by atoms with van der Waals surface area (Å²) in [5, 5.41) is 9.59. The lowest BCUT2D eigenvalue weighted by Crippen LogP contribution is -2.27. The van der Waals surface area contributed by atoms with Gasteiger partial charge in [-0.25, -0.2) is 0 Å². The van der Waals surface area contributed by atoms with Crippen molar-refractivity contribution in [2.45, 2.75) is 39.8 Å². The van der Waals surface area contributed by atoms with Crippen LogP contribution in [0.15, 0.2) is 48.7 Å². The van der Waals surface area contributed by atoms with Crippen LogP contribution < -0.4 is 14.4 Å². The monoisotopic (exact) mass is 661 g/mol. The summed E-state index contributed by atoms with van der Waals surface area (Å²) in [5.41, 5.74) is -1.99. The highest BCUT2D eigenvalue weighted by atomic mass is 35.5. The molecule has 46 heavy (non-hydrogen) atoms. The molecule has 0 fully saturated rings. The van der Waals surface area contributed by atoms with Crippen LogP contribution in [0.3, 0.4) is 0 Å². The summed E-state index contributed by atoms with van der Waals surface area (Å²) in [6.45, 7) is 4.36. The maximum atomic E-state index is 13.9. The number of anilines is 1. The van der Waals surface area contributed by atoms with E-state index >= 15 is 0 Å². The number of benzene rings is 2. The van der Waals surface area contributed by atoms with Crippen LogP contribution in [0.5, 0.6) is 11.5 Å². The second-order valence-corrected chi connectivity index (χ2v) is 11.3. The summed E-state index contributed by atoms with van der Waals surface area (Å²) in [4.78, 5) is 42.5. The fraction of sp³-hybridized carbons (Fsp3) is 0.344. The molecule has 0 saturated heterocycles. The van der Waals surface area contributed by atoms with E-state index in [4.69, 9.17) is 30.5 Å². The van der Waals surface area contributed by atoms with Crippen LogP contribution in [0.25, 0.3) is 11.1 Å². The molecule has 0 N–H and O–H groups in total. The van der Waals surface area contributed by atoms with Crippen molar-refractivity contribution in [3.63, 3.8) is 0 Å². The number of carbonyl (C=O) groups is 3. The minimum absolute atomic E-state index is 0.00588. The Labute approximate surface area is 268 Å². The Balaban J connectivity index is 1.90. The Morgan fingerprint density at radius 2 is 1.72 bits per heavy atom. The van der Waals surface area contributed by atoms with E-state index in [-0.39, 0.29) is 52.5 Å². The first kappa shape index (κ1) is 35.6. The normalized spacial score (nSPS) is 11.3. The van der Waals surface area contributed by atoms with Crippen LogP contribution in [-0.2, 0) is 25.2 Å². The molecule has 10 nitrogen and oxygen atoms in total. The lowest BCUT2D eigenvalue weighted by Gasteiger charge is -2.22. The van der Waals surface area contributed by atoms with Gasteiger partial charge in [0, 0.05) is 36.9 Å². The minimum Gasteiger partial charge on any atom is -0.495 e. The number of para-hydroxylation sites is 2. The van der Waals surface area contributed by atoms with Gasteiger partial charge >= 0.3 is 18.1 Å². The first-order chi connectivity index (χ1) is 21.6. The molecule has 0 spiro atoms. The number of hydrogen-bond acceptors (Lipinski definition) is 9. The van der Waals surface area contributed by atoms with Gasteiger partial charge in [0.05, 0.1) is 47.0 Å². The molecule has 244 valence electrons. The van der Waals surface area contributed by atoms with E-state index in [1.165, 1.54) is 31.2 Å². The number of carbonyl (C=O) groups excluding carboxylic acids is 3. The Bertz CT molecular complexity index is 1650. The third kappa shape index (κ3) is 8.88. The van der Waals surface area contributed by atoms with Gasteiger partial charge in [0.1, 0.15) is 17.2 Å². The summed E-state index contributed by atoms with van der Waals surface area (Å²) in [5.74, 6) is -1.39. The molecule has 0 aliphatic carbocycles. The van der Waals surface area contributed by atoms with E-state index in [9.17, 15) is 32.8 Å². The number of ether oxygens (including phenoxy) is 4. The highest BCUT2D eigenvalue weighted by Gasteiger charge is 2.33. The number of aromatic nitrogens is 1. The molecular formula is C32H31ClF3N3O7. The summed E-state index contributed by atoms with van der Waals surface area (Å²) in [7, 11) is 2.92. The first-order valence-corrected chi connectivity index (χ1v) is 14.1. The van der Waals surface area contributed by atoms with Crippen molar-refractivity contribution in [1.82, 2.24) is 4.98 Å². The standard InChI is InChI=1S/C32H31ClF3N3O7/c1-31(2,3)30(42)46-18-45-28(40)11-8-12-44-26-15-23(33)20(22-17-38-27(32(34,35)36)13-19(22)16-37)14-21(26)29(41)39(4)24-9-6-7-10-25(24)43-5/h6-7,9-10,13-15,17H,8,11-12,18H2,1-5H3. The van der Waals surface area contributed by atoms with Gasteiger partial charge in [-0.15, -0.1) is 0 Å². The number of nitriles is 1. The van der Waals surface area contributed by atoms with Gasteiger partial charge in [-0.2, -0.15) is 18.4 Å². The van der Waals surface area contributed by atoms with E-state index in [2.05, 4.69) is 4.98 Å². The van der Waals surface area contributed by atoms with Gasteiger partial charge in [0.15, 0.2) is 0 Å². The van der Waals surface area contributed by atoms with Crippen molar-refractivity contribution >= 4 is 35.1 Å². The summed E-state index contributed by atoms with van der Waals surface area (Å²) >= 11 is 6.52. The highest BCUT2D eigenvalue weighted by molar-refractivity contribution is 6.34. The molecule has 1 aromatic heterocycles. The third-order valence-electron chi connectivity index (χ3n) is 6.46. The van der Waals surface area contributed by atoms with Gasteiger partial charge in [-0.05, 0) is 51.5 Å². The molecule has 3 rings (SSSR count). The SMILES string of the molecule is COc1ccccc1N(C)C(=O)c1cc(-c2cnc(C(F)(F)F)cc2C#N)c(Cl)cc1OCCCC(=O)OCOC(=O)C(C)(C)C. The van der Waals surface area contributed by atoms with Gasteiger partial charge in [0.2, 0.25) is 6.79 Å². The maximum Gasteiger partial charge on any atom is 0.433 e. The molecule has 3 aromatic rings. The Morgan fingerprint density at radius 3 is 2.35 bits per heavy atom. The van der Waals surface area contributed by atoms with Crippen LogP contribution in [-0.4, -0.2) is 50.4 Å². The average molecular weight is 662 g/mol. The van der Waals surface area contributed by atoms with Crippen molar-refractivity contribution in [3.05, 3.63) is 70.5 Å². The van der Waals surface area contributed by atoms with Gasteiger partial charge in [-0.1, -0.05) is 23.7 Å². The Kier molecular flexibility index (Phi) is 11.6. The maximum absolute atomic E-state index is 13.9. The molecule has 0 unspecified atom stereocenters. The van der Waals surface area contributed by atoms with Crippen molar-refractivity contribution in [2.75, 3.05) is 32.5 Å². The first-order valence-electron chi connectivity index (χ1n) is 13.8. The van der Waals surface area contributed by atoms with Crippen LogP contribution in [0.1, 0.15) is 55.2 Å². The van der Waals surface area contributed by atoms with E-state index < -0.39 is 41.9 Å². The molecule has 14 heteroatoms. The number of rotatable bonds is 11. The number of nitrogens with zero attached hydrogens (tertiary/aromatic N) is 3. The van der Waals surface area contributed by atoms with E-state index in [0.717, 1.165) is 6.20 Å². The van der Waals surface area contributed by atoms with Gasteiger partial charge in [0.25, 0.3) is 5.91 Å².